The van der Waals surface area contributed by atoms with Crippen LogP contribution in [-0.2, 0) is 0 Å². The molecule has 0 bridgehead atoms. The van der Waals surface area contributed by atoms with Gasteiger partial charge in [0.25, 0.3) is 0 Å². The van der Waals surface area contributed by atoms with Gasteiger partial charge in [0.1, 0.15) is 0 Å². The summed E-state index contributed by atoms with van der Waals surface area (Å²) in [6.07, 6.45) is 4.89. The topological polar surface area (TPSA) is 28.4 Å². The molecule has 3 heteroatoms. The van der Waals surface area contributed by atoms with E-state index in [2.05, 4.69) is 30.1 Å². The van der Waals surface area contributed by atoms with Crippen molar-refractivity contribution in [3.05, 3.63) is 24.2 Å². The molecule has 1 N–H and O–H groups in total. The first-order valence-electron chi connectivity index (χ1n) is 6.24. The van der Waals surface area contributed by atoms with Gasteiger partial charge in [0.15, 0.2) is 0 Å². The lowest BCUT2D eigenvalue weighted by Gasteiger charge is -2.35. The Morgan fingerprint density at radius 3 is 2.69 bits per heavy atom. The maximum atomic E-state index is 5.23. The van der Waals surface area contributed by atoms with Crippen molar-refractivity contribution in [2.24, 2.45) is 5.92 Å². The van der Waals surface area contributed by atoms with Crippen molar-refractivity contribution >= 4 is 0 Å². The zero-order valence-electron chi connectivity index (χ0n) is 10.3. The monoisotopic (exact) mass is 222 g/mol. The standard InChI is InChI=1S/C13H22N2O/c1-11(2)9-13(12-3-8-16-10-12)15-6-4-14-5-7-15/h3,8,10-11,13-14H,4-7,9H2,1-2H3/t13-/m1/s1. The van der Waals surface area contributed by atoms with Gasteiger partial charge in [0.05, 0.1) is 12.5 Å². The molecule has 0 amide bonds. The molecule has 1 atom stereocenters. The van der Waals surface area contributed by atoms with Crippen molar-refractivity contribution in [2.75, 3.05) is 26.2 Å². The number of nitrogens with zero attached hydrogens (tertiary/aromatic N) is 1. The molecule has 16 heavy (non-hydrogen) atoms. The first-order valence-corrected chi connectivity index (χ1v) is 6.24. The smallest absolute Gasteiger partial charge is 0.0950 e. The van der Waals surface area contributed by atoms with E-state index in [4.69, 9.17) is 4.42 Å². The van der Waals surface area contributed by atoms with Crippen LogP contribution < -0.4 is 5.32 Å². The second-order valence-corrected chi connectivity index (χ2v) is 4.99. The minimum atomic E-state index is 0.529. The van der Waals surface area contributed by atoms with Gasteiger partial charge in [-0.1, -0.05) is 13.8 Å². The molecule has 3 nitrogen and oxygen atoms in total. The van der Waals surface area contributed by atoms with E-state index in [9.17, 15) is 0 Å². The van der Waals surface area contributed by atoms with Crippen molar-refractivity contribution in [3.63, 3.8) is 0 Å². The van der Waals surface area contributed by atoms with Crippen molar-refractivity contribution in [3.8, 4) is 0 Å². The second kappa shape index (κ2) is 5.51. The summed E-state index contributed by atoms with van der Waals surface area (Å²) in [7, 11) is 0. The first kappa shape index (κ1) is 11.7. The predicted molar refractivity (Wildman–Crippen MR) is 65.3 cm³/mol. The second-order valence-electron chi connectivity index (χ2n) is 4.99. The van der Waals surface area contributed by atoms with Crippen LogP contribution in [0.2, 0.25) is 0 Å². The number of hydrogen-bond donors (Lipinski definition) is 1. The highest BCUT2D eigenvalue weighted by molar-refractivity contribution is 5.12. The fourth-order valence-electron chi connectivity index (χ4n) is 2.40. The third kappa shape index (κ3) is 2.86. The molecule has 2 rings (SSSR count). The lowest BCUT2D eigenvalue weighted by Crippen LogP contribution is -2.45. The van der Waals surface area contributed by atoms with Gasteiger partial charge in [0, 0.05) is 37.8 Å². The fraction of sp³-hybridized carbons (Fsp3) is 0.692. The summed E-state index contributed by atoms with van der Waals surface area (Å²) >= 11 is 0. The largest absolute Gasteiger partial charge is 0.472 e. The summed E-state index contributed by atoms with van der Waals surface area (Å²) in [5, 5.41) is 3.40. The highest BCUT2D eigenvalue weighted by atomic mass is 16.3. The van der Waals surface area contributed by atoms with Crippen LogP contribution in [0.1, 0.15) is 31.9 Å². The van der Waals surface area contributed by atoms with Crippen LogP contribution in [-0.4, -0.2) is 31.1 Å². The Bertz CT molecular complexity index is 289. The fourth-order valence-corrected chi connectivity index (χ4v) is 2.40. The van der Waals surface area contributed by atoms with E-state index in [0.29, 0.717) is 6.04 Å². The van der Waals surface area contributed by atoms with Crippen molar-refractivity contribution in [1.82, 2.24) is 10.2 Å². The maximum Gasteiger partial charge on any atom is 0.0950 e. The lowest BCUT2D eigenvalue weighted by atomic mass is 9.97. The SMILES string of the molecule is CC(C)C[C@H](c1ccoc1)N1CCNCC1. The minimum absolute atomic E-state index is 0.529. The Balaban J connectivity index is 2.07. The normalized spacial score (nSPS) is 20.2. The predicted octanol–water partition coefficient (Wildman–Crippen LogP) is 2.27. The molecule has 1 aliphatic rings. The van der Waals surface area contributed by atoms with Crippen molar-refractivity contribution in [2.45, 2.75) is 26.3 Å². The summed E-state index contributed by atoms with van der Waals surface area (Å²) in [5.74, 6) is 0.717. The van der Waals surface area contributed by atoms with E-state index < -0.39 is 0 Å². The van der Waals surface area contributed by atoms with Gasteiger partial charge in [-0.2, -0.15) is 0 Å². The van der Waals surface area contributed by atoms with Crippen molar-refractivity contribution in [1.29, 1.82) is 0 Å². The average Bonchev–Trinajstić information content (AvgIpc) is 2.80. The Labute approximate surface area is 97.8 Å². The highest BCUT2D eigenvalue weighted by Gasteiger charge is 2.23. The Morgan fingerprint density at radius 2 is 2.12 bits per heavy atom. The molecule has 1 aromatic rings. The van der Waals surface area contributed by atoms with Gasteiger partial charge in [-0.3, -0.25) is 4.90 Å². The molecule has 1 fully saturated rings. The molecule has 2 heterocycles. The molecule has 90 valence electrons. The van der Waals surface area contributed by atoms with Gasteiger partial charge in [0.2, 0.25) is 0 Å². The molecular formula is C13H22N2O. The number of nitrogens with one attached hydrogen (secondary N) is 1. The van der Waals surface area contributed by atoms with E-state index in [1.54, 1.807) is 6.26 Å². The van der Waals surface area contributed by atoms with Crippen LogP contribution in [0.3, 0.4) is 0 Å². The van der Waals surface area contributed by atoms with Gasteiger partial charge in [-0.05, 0) is 18.4 Å². The number of rotatable bonds is 4. The molecule has 1 aliphatic heterocycles. The van der Waals surface area contributed by atoms with Gasteiger partial charge >= 0.3 is 0 Å². The Hall–Kier alpha value is -0.800. The quantitative estimate of drug-likeness (QED) is 0.847. The van der Waals surface area contributed by atoms with Crippen LogP contribution in [0.4, 0.5) is 0 Å². The van der Waals surface area contributed by atoms with Crippen molar-refractivity contribution < 1.29 is 4.42 Å². The summed E-state index contributed by atoms with van der Waals surface area (Å²) in [6.45, 7) is 9.06. The van der Waals surface area contributed by atoms with E-state index in [1.807, 2.05) is 6.26 Å². The lowest BCUT2D eigenvalue weighted by molar-refractivity contribution is 0.153. The van der Waals surface area contributed by atoms with E-state index in [0.717, 1.165) is 32.1 Å². The van der Waals surface area contributed by atoms with E-state index in [1.165, 1.54) is 12.0 Å². The Morgan fingerprint density at radius 1 is 1.38 bits per heavy atom. The number of hydrogen-bond acceptors (Lipinski definition) is 3. The van der Waals surface area contributed by atoms with E-state index in [-0.39, 0.29) is 0 Å². The van der Waals surface area contributed by atoms with Gasteiger partial charge in [-0.25, -0.2) is 0 Å². The molecular weight excluding hydrogens is 200 g/mol. The highest BCUT2D eigenvalue weighted by Crippen LogP contribution is 2.28. The van der Waals surface area contributed by atoms with Crippen LogP contribution in [0, 0.1) is 5.92 Å². The molecule has 0 unspecified atom stereocenters. The molecule has 0 aromatic carbocycles. The third-order valence-electron chi connectivity index (χ3n) is 3.21. The number of furan rings is 1. The third-order valence-corrected chi connectivity index (χ3v) is 3.21. The maximum absolute atomic E-state index is 5.23. The number of piperazine rings is 1. The molecule has 0 radical (unpaired) electrons. The summed E-state index contributed by atoms with van der Waals surface area (Å²) in [6, 6.07) is 2.63. The van der Waals surface area contributed by atoms with Gasteiger partial charge < -0.3 is 9.73 Å². The minimum Gasteiger partial charge on any atom is -0.472 e. The summed E-state index contributed by atoms with van der Waals surface area (Å²) < 4.78 is 5.23. The molecule has 0 saturated carbocycles. The average molecular weight is 222 g/mol. The molecule has 0 spiro atoms. The molecule has 1 saturated heterocycles. The van der Waals surface area contributed by atoms with Gasteiger partial charge in [-0.15, -0.1) is 0 Å². The molecule has 1 aromatic heterocycles. The van der Waals surface area contributed by atoms with E-state index >= 15 is 0 Å². The summed E-state index contributed by atoms with van der Waals surface area (Å²) in [5.41, 5.74) is 1.33. The van der Waals surface area contributed by atoms with Crippen LogP contribution in [0.15, 0.2) is 23.0 Å². The van der Waals surface area contributed by atoms with Crippen LogP contribution in [0.25, 0.3) is 0 Å². The zero-order chi connectivity index (χ0) is 11.4. The summed E-state index contributed by atoms with van der Waals surface area (Å²) in [4.78, 5) is 2.57. The zero-order valence-corrected chi connectivity index (χ0v) is 10.3. The first-order chi connectivity index (χ1) is 7.77. The van der Waals surface area contributed by atoms with Crippen LogP contribution >= 0.6 is 0 Å². The van der Waals surface area contributed by atoms with Crippen LogP contribution in [0.5, 0.6) is 0 Å². The Kier molecular flexibility index (Phi) is 4.02. The molecule has 0 aliphatic carbocycles.